The minimum atomic E-state index is -0.624. The summed E-state index contributed by atoms with van der Waals surface area (Å²) in [5.74, 6) is -0.667. The first-order valence-corrected chi connectivity index (χ1v) is 9.40. The highest BCUT2D eigenvalue weighted by Crippen LogP contribution is 2.40. The molecular formula is C19H19N3O4S. The highest BCUT2D eigenvalue weighted by molar-refractivity contribution is 8.01. The van der Waals surface area contributed by atoms with Gasteiger partial charge >= 0.3 is 5.97 Å². The molecule has 0 spiro atoms. The van der Waals surface area contributed by atoms with Crippen LogP contribution in [-0.4, -0.2) is 41.2 Å². The van der Waals surface area contributed by atoms with E-state index >= 15 is 0 Å². The van der Waals surface area contributed by atoms with Gasteiger partial charge in [-0.3, -0.25) is 14.4 Å². The summed E-state index contributed by atoms with van der Waals surface area (Å²) < 4.78 is 4.97. The molecule has 2 aromatic rings. The molecule has 0 radical (unpaired) electrons. The van der Waals surface area contributed by atoms with Crippen LogP contribution in [0.3, 0.4) is 0 Å². The highest BCUT2D eigenvalue weighted by atomic mass is 32.2. The summed E-state index contributed by atoms with van der Waals surface area (Å²) in [7, 11) is 0. The number of carbonyl (C=O) groups is 3. The SMILES string of the molecule is CCOC(=O)CC1Sc2ccccc2N(CC(=O)Nc2ccccn2)C1=O. The van der Waals surface area contributed by atoms with Crippen LogP contribution in [0.4, 0.5) is 11.5 Å². The van der Waals surface area contributed by atoms with Crippen LogP contribution in [0.25, 0.3) is 0 Å². The van der Waals surface area contributed by atoms with Crippen molar-refractivity contribution in [3.05, 3.63) is 48.7 Å². The number of nitrogens with zero attached hydrogens (tertiary/aromatic N) is 2. The number of amides is 2. The van der Waals surface area contributed by atoms with Crippen LogP contribution in [-0.2, 0) is 19.1 Å². The predicted octanol–water partition coefficient (Wildman–Crippen LogP) is 2.48. The normalized spacial score (nSPS) is 15.8. The monoisotopic (exact) mass is 385 g/mol. The molecule has 0 saturated heterocycles. The van der Waals surface area contributed by atoms with Crippen molar-refractivity contribution < 1.29 is 19.1 Å². The Morgan fingerprint density at radius 2 is 2.00 bits per heavy atom. The molecule has 7 nitrogen and oxygen atoms in total. The Morgan fingerprint density at radius 3 is 2.74 bits per heavy atom. The Labute approximate surface area is 161 Å². The lowest BCUT2D eigenvalue weighted by Gasteiger charge is -2.32. The fourth-order valence-electron chi connectivity index (χ4n) is 2.70. The van der Waals surface area contributed by atoms with Crippen LogP contribution < -0.4 is 10.2 Å². The number of pyridine rings is 1. The Hall–Kier alpha value is -2.87. The van der Waals surface area contributed by atoms with E-state index in [-0.39, 0.29) is 31.4 Å². The molecule has 0 bridgehead atoms. The number of anilines is 2. The molecule has 8 heteroatoms. The minimum absolute atomic E-state index is 0.0377. The van der Waals surface area contributed by atoms with Gasteiger partial charge in [-0.05, 0) is 31.2 Å². The molecule has 1 aliphatic heterocycles. The first-order chi connectivity index (χ1) is 13.1. The topological polar surface area (TPSA) is 88.6 Å². The lowest BCUT2D eigenvalue weighted by Crippen LogP contribution is -2.45. The summed E-state index contributed by atoms with van der Waals surface area (Å²) in [4.78, 5) is 43.5. The first kappa shape index (κ1) is 18.9. The summed E-state index contributed by atoms with van der Waals surface area (Å²) in [6.07, 6.45) is 1.53. The second-order valence-electron chi connectivity index (χ2n) is 5.77. The van der Waals surface area contributed by atoms with Gasteiger partial charge in [0.15, 0.2) is 0 Å². The minimum Gasteiger partial charge on any atom is -0.466 e. The number of thioether (sulfide) groups is 1. The smallest absolute Gasteiger partial charge is 0.307 e. The molecule has 140 valence electrons. The standard InChI is InChI=1S/C19H19N3O4S/c1-2-26-18(24)11-15-19(25)22(13-7-3-4-8-14(13)27-15)12-17(23)21-16-9-5-6-10-20-16/h3-10,15H,2,11-12H2,1H3,(H,20,21,23). The number of carbonyl (C=O) groups excluding carboxylic acids is 3. The highest BCUT2D eigenvalue weighted by Gasteiger charge is 2.36. The average Bonchev–Trinajstić information content (AvgIpc) is 2.66. The van der Waals surface area contributed by atoms with E-state index in [2.05, 4.69) is 10.3 Å². The molecule has 2 heterocycles. The number of aromatic nitrogens is 1. The van der Waals surface area contributed by atoms with E-state index in [1.165, 1.54) is 16.7 Å². The van der Waals surface area contributed by atoms with E-state index in [1.54, 1.807) is 37.4 Å². The second-order valence-corrected chi connectivity index (χ2v) is 7.02. The molecular weight excluding hydrogens is 366 g/mol. The zero-order valence-electron chi connectivity index (χ0n) is 14.8. The zero-order chi connectivity index (χ0) is 19.2. The second kappa shape index (κ2) is 8.68. The van der Waals surface area contributed by atoms with Gasteiger partial charge < -0.3 is 15.0 Å². The number of fused-ring (bicyclic) bond motifs is 1. The van der Waals surface area contributed by atoms with Crippen molar-refractivity contribution >= 4 is 41.1 Å². The molecule has 0 saturated carbocycles. The first-order valence-electron chi connectivity index (χ1n) is 8.52. The van der Waals surface area contributed by atoms with Crippen molar-refractivity contribution in [3.63, 3.8) is 0 Å². The summed E-state index contributed by atoms with van der Waals surface area (Å²) >= 11 is 1.32. The third kappa shape index (κ3) is 4.65. The van der Waals surface area contributed by atoms with Crippen molar-refractivity contribution in [2.24, 2.45) is 0 Å². The molecule has 1 aromatic carbocycles. The van der Waals surface area contributed by atoms with Gasteiger partial charge in [-0.25, -0.2) is 4.98 Å². The third-order valence-corrected chi connectivity index (χ3v) is 5.11. The van der Waals surface area contributed by atoms with Crippen LogP contribution in [0.1, 0.15) is 13.3 Å². The Balaban J connectivity index is 1.78. The maximum atomic E-state index is 12.9. The molecule has 3 rings (SSSR count). The van der Waals surface area contributed by atoms with Crippen LogP contribution in [0, 0.1) is 0 Å². The summed E-state index contributed by atoms with van der Waals surface area (Å²) in [6.45, 7) is 1.82. The molecule has 1 aromatic heterocycles. The molecule has 1 unspecified atom stereocenters. The van der Waals surface area contributed by atoms with E-state index in [0.29, 0.717) is 11.5 Å². The third-order valence-electron chi connectivity index (χ3n) is 3.86. The Morgan fingerprint density at radius 1 is 1.22 bits per heavy atom. The van der Waals surface area contributed by atoms with Crippen molar-refractivity contribution in [2.45, 2.75) is 23.5 Å². The van der Waals surface area contributed by atoms with Crippen LogP contribution in [0.2, 0.25) is 0 Å². The van der Waals surface area contributed by atoms with Crippen LogP contribution in [0.5, 0.6) is 0 Å². The van der Waals surface area contributed by atoms with Gasteiger partial charge in [-0.1, -0.05) is 18.2 Å². The molecule has 1 N–H and O–H groups in total. The van der Waals surface area contributed by atoms with Crippen LogP contribution in [0.15, 0.2) is 53.6 Å². The van der Waals surface area contributed by atoms with E-state index < -0.39 is 11.2 Å². The maximum absolute atomic E-state index is 12.9. The van der Waals surface area contributed by atoms with Gasteiger partial charge in [-0.15, -0.1) is 11.8 Å². The molecule has 2 amide bonds. The molecule has 0 fully saturated rings. The molecule has 27 heavy (non-hydrogen) atoms. The molecule has 1 aliphatic rings. The number of benzene rings is 1. The fraction of sp³-hybridized carbons (Fsp3) is 0.263. The average molecular weight is 385 g/mol. The van der Waals surface area contributed by atoms with E-state index in [1.807, 2.05) is 18.2 Å². The number of nitrogens with one attached hydrogen (secondary N) is 1. The number of rotatable bonds is 6. The fourth-order valence-corrected chi connectivity index (χ4v) is 3.91. The summed E-state index contributed by atoms with van der Waals surface area (Å²) in [5, 5.41) is 2.05. The quantitative estimate of drug-likeness (QED) is 0.769. The summed E-state index contributed by atoms with van der Waals surface area (Å²) in [5.41, 5.74) is 0.656. The Kier molecular flexibility index (Phi) is 6.08. The van der Waals surface area contributed by atoms with Gasteiger partial charge in [0.2, 0.25) is 11.8 Å². The Bertz CT molecular complexity index is 844. The van der Waals surface area contributed by atoms with Gasteiger partial charge in [0.25, 0.3) is 0 Å². The lowest BCUT2D eigenvalue weighted by atomic mass is 10.2. The maximum Gasteiger partial charge on any atom is 0.307 e. The van der Waals surface area contributed by atoms with Crippen molar-refractivity contribution in [3.8, 4) is 0 Å². The van der Waals surface area contributed by atoms with Crippen molar-refractivity contribution in [1.29, 1.82) is 0 Å². The molecule has 0 aliphatic carbocycles. The van der Waals surface area contributed by atoms with E-state index in [4.69, 9.17) is 4.74 Å². The number of esters is 1. The van der Waals surface area contributed by atoms with Gasteiger partial charge in [-0.2, -0.15) is 0 Å². The predicted molar refractivity (Wildman–Crippen MR) is 103 cm³/mol. The van der Waals surface area contributed by atoms with Crippen LogP contribution >= 0.6 is 11.8 Å². The van der Waals surface area contributed by atoms with Gasteiger partial charge in [0.1, 0.15) is 12.4 Å². The van der Waals surface area contributed by atoms with Gasteiger partial charge in [0.05, 0.1) is 24.0 Å². The number of hydrogen-bond acceptors (Lipinski definition) is 6. The zero-order valence-corrected chi connectivity index (χ0v) is 15.6. The van der Waals surface area contributed by atoms with E-state index in [0.717, 1.165) is 4.90 Å². The number of hydrogen-bond donors (Lipinski definition) is 1. The van der Waals surface area contributed by atoms with Crippen molar-refractivity contribution in [1.82, 2.24) is 4.98 Å². The summed E-state index contributed by atoms with van der Waals surface area (Å²) in [6, 6.07) is 12.5. The number of ether oxygens (including phenoxy) is 1. The number of para-hydroxylation sites is 1. The van der Waals surface area contributed by atoms with Gasteiger partial charge in [0, 0.05) is 11.1 Å². The largest absolute Gasteiger partial charge is 0.466 e. The lowest BCUT2D eigenvalue weighted by molar-refractivity contribution is -0.144. The molecule has 1 atom stereocenters. The van der Waals surface area contributed by atoms with E-state index in [9.17, 15) is 14.4 Å². The van der Waals surface area contributed by atoms with Crippen molar-refractivity contribution in [2.75, 3.05) is 23.4 Å².